The molecule has 0 aromatic heterocycles. The van der Waals surface area contributed by atoms with Crippen LogP contribution in [0.15, 0.2) is 30.3 Å². The molecule has 0 radical (unpaired) electrons. The Labute approximate surface area is 191 Å². The molecule has 0 saturated carbocycles. The van der Waals surface area contributed by atoms with E-state index in [0.717, 1.165) is 35.2 Å². The van der Waals surface area contributed by atoms with Gasteiger partial charge >= 0.3 is 0 Å². The lowest BCUT2D eigenvalue weighted by Crippen LogP contribution is -2.54. The van der Waals surface area contributed by atoms with Crippen molar-refractivity contribution in [2.75, 3.05) is 16.8 Å². The first-order valence-electron chi connectivity index (χ1n) is 11.1. The van der Waals surface area contributed by atoms with Crippen LogP contribution in [0.3, 0.4) is 0 Å². The third kappa shape index (κ3) is 2.17. The maximum atomic E-state index is 14.0. The summed E-state index contributed by atoms with van der Waals surface area (Å²) in [6, 6.07) is 9.19. The van der Waals surface area contributed by atoms with Gasteiger partial charge in [-0.3, -0.25) is 19.3 Å². The average molecular weight is 450 g/mol. The Bertz CT molecular complexity index is 1240. The van der Waals surface area contributed by atoms with Crippen molar-refractivity contribution < 1.29 is 14.4 Å². The number of hydrogen-bond acceptors (Lipinski definition) is 4. The van der Waals surface area contributed by atoms with Gasteiger partial charge in [-0.15, -0.1) is 0 Å². The Kier molecular flexibility index (Phi) is 4.00. The molecule has 1 N–H and O–H groups in total. The van der Waals surface area contributed by atoms with Gasteiger partial charge in [0.25, 0.3) is 0 Å². The van der Waals surface area contributed by atoms with Gasteiger partial charge in [0.15, 0.2) is 0 Å². The molecule has 3 saturated heterocycles. The summed E-state index contributed by atoms with van der Waals surface area (Å²) in [5.74, 6) is -2.00. The van der Waals surface area contributed by atoms with E-state index in [4.69, 9.17) is 11.6 Å². The second-order valence-electron chi connectivity index (χ2n) is 9.53. The minimum absolute atomic E-state index is 0.126. The van der Waals surface area contributed by atoms with Crippen LogP contribution >= 0.6 is 11.6 Å². The molecule has 6 nitrogen and oxygen atoms in total. The van der Waals surface area contributed by atoms with Crippen molar-refractivity contribution in [1.29, 1.82) is 0 Å². The van der Waals surface area contributed by atoms with Crippen LogP contribution < -0.4 is 10.2 Å². The Morgan fingerprint density at radius 1 is 1.09 bits per heavy atom. The first kappa shape index (κ1) is 19.9. The van der Waals surface area contributed by atoms with E-state index in [1.165, 1.54) is 4.90 Å². The maximum absolute atomic E-state index is 14.0. The summed E-state index contributed by atoms with van der Waals surface area (Å²) < 4.78 is 0. The fourth-order valence-corrected chi connectivity index (χ4v) is 6.91. The smallest absolute Gasteiger partial charge is 0.250 e. The van der Waals surface area contributed by atoms with Gasteiger partial charge in [-0.1, -0.05) is 35.4 Å². The Hall–Kier alpha value is -2.70. The molecule has 1 spiro atoms. The molecular formula is C25H24ClN3O3. The summed E-state index contributed by atoms with van der Waals surface area (Å²) in [6.07, 6.45) is 1.71. The van der Waals surface area contributed by atoms with Crippen LogP contribution in [0.1, 0.15) is 35.1 Å². The number of hydrogen-bond donors (Lipinski definition) is 1. The quantitative estimate of drug-likeness (QED) is 0.674. The number of carbonyl (C=O) groups excluding carboxylic acids is 3. The molecule has 0 bridgehead atoms. The lowest BCUT2D eigenvalue weighted by molar-refractivity contribution is -0.135. The number of imide groups is 1. The lowest BCUT2D eigenvalue weighted by atomic mass is 9.75. The van der Waals surface area contributed by atoms with Gasteiger partial charge in [0, 0.05) is 22.3 Å². The third-order valence-electron chi connectivity index (χ3n) is 7.92. The zero-order valence-electron chi connectivity index (χ0n) is 18.2. The first-order valence-corrected chi connectivity index (χ1v) is 11.5. The van der Waals surface area contributed by atoms with Crippen molar-refractivity contribution in [2.24, 2.45) is 11.8 Å². The van der Waals surface area contributed by atoms with Gasteiger partial charge in [-0.2, -0.15) is 0 Å². The summed E-state index contributed by atoms with van der Waals surface area (Å²) >= 11 is 6.32. The zero-order valence-corrected chi connectivity index (χ0v) is 19.0. The van der Waals surface area contributed by atoms with E-state index in [1.807, 2.05) is 32.9 Å². The minimum Gasteiger partial charge on any atom is -0.324 e. The molecule has 3 fully saturated rings. The van der Waals surface area contributed by atoms with E-state index in [9.17, 15) is 14.4 Å². The lowest BCUT2D eigenvalue weighted by Gasteiger charge is -2.37. The molecule has 164 valence electrons. The summed E-state index contributed by atoms with van der Waals surface area (Å²) in [7, 11) is 0. The van der Waals surface area contributed by atoms with Crippen LogP contribution in [0, 0.1) is 32.6 Å². The second-order valence-corrected chi connectivity index (χ2v) is 9.93. The van der Waals surface area contributed by atoms with E-state index < -0.39 is 17.4 Å². The molecule has 4 aliphatic rings. The molecule has 2 aromatic rings. The molecule has 32 heavy (non-hydrogen) atoms. The van der Waals surface area contributed by atoms with E-state index >= 15 is 0 Å². The minimum atomic E-state index is -1.15. The number of carbonyl (C=O) groups is 3. The van der Waals surface area contributed by atoms with Gasteiger partial charge in [0.2, 0.25) is 17.7 Å². The molecule has 6 rings (SSSR count). The van der Waals surface area contributed by atoms with E-state index in [0.29, 0.717) is 22.8 Å². The highest BCUT2D eigenvalue weighted by Crippen LogP contribution is 2.61. The summed E-state index contributed by atoms with van der Waals surface area (Å²) in [4.78, 5) is 45.0. The highest BCUT2D eigenvalue weighted by Gasteiger charge is 2.74. The standard InChI is InChI=1S/C25H24ClN3O3/c1-12-10-13(2)21-15(11-12)25(24(32)27-21)20-19(18-8-5-9-28(18)25)22(30)29(23(20)31)17-7-4-6-16(26)14(17)3/h4,6-7,10-11,18-20H,5,8-9H2,1-3H3,(H,27,32). The average Bonchev–Trinajstić information content (AvgIpc) is 3.44. The van der Waals surface area contributed by atoms with E-state index in [2.05, 4.69) is 10.2 Å². The van der Waals surface area contributed by atoms with Crippen molar-refractivity contribution in [3.63, 3.8) is 0 Å². The van der Waals surface area contributed by atoms with E-state index in [-0.39, 0.29) is 23.8 Å². The molecular weight excluding hydrogens is 426 g/mol. The number of nitrogens with zero attached hydrogens (tertiary/aromatic N) is 2. The number of fused-ring (bicyclic) bond motifs is 7. The van der Waals surface area contributed by atoms with Gasteiger partial charge in [-0.25, -0.2) is 4.90 Å². The number of rotatable bonds is 1. The van der Waals surface area contributed by atoms with E-state index in [1.54, 1.807) is 18.2 Å². The fourth-order valence-electron chi connectivity index (χ4n) is 6.74. The molecule has 4 unspecified atom stereocenters. The largest absolute Gasteiger partial charge is 0.324 e. The Morgan fingerprint density at radius 2 is 1.88 bits per heavy atom. The van der Waals surface area contributed by atoms with Crippen LogP contribution in [0.2, 0.25) is 5.02 Å². The van der Waals surface area contributed by atoms with Crippen LogP contribution in [0.5, 0.6) is 0 Å². The SMILES string of the molecule is Cc1cc(C)c2c(c1)C1(C(=O)N2)C2C(=O)N(c3cccc(Cl)c3C)C(=O)C2C2CCCN21. The van der Waals surface area contributed by atoms with Crippen LogP contribution in [-0.4, -0.2) is 35.2 Å². The Balaban J connectivity index is 1.59. The summed E-state index contributed by atoms with van der Waals surface area (Å²) in [5, 5.41) is 3.58. The number of benzene rings is 2. The number of anilines is 2. The van der Waals surface area contributed by atoms with Gasteiger partial charge < -0.3 is 5.32 Å². The van der Waals surface area contributed by atoms with Crippen molar-refractivity contribution in [2.45, 2.75) is 45.2 Å². The van der Waals surface area contributed by atoms with Gasteiger partial charge in [-0.05, 0) is 63.4 Å². The van der Waals surface area contributed by atoms with Crippen molar-refractivity contribution in [1.82, 2.24) is 4.90 Å². The molecule has 2 aromatic carbocycles. The normalized spacial score (nSPS) is 30.8. The van der Waals surface area contributed by atoms with Crippen molar-refractivity contribution >= 4 is 40.7 Å². The number of amides is 3. The fraction of sp³-hybridized carbons (Fsp3) is 0.400. The van der Waals surface area contributed by atoms with Gasteiger partial charge in [0.05, 0.1) is 17.5 Å². The molecule has 4 atom stereocenters. The monoisotopic (exact) mass is 449 g/mol. The van der Waals surface area contributed by atoms with Crippen molar-refractivity contribution in [3.05, 3.63) is 57.6 Å². The predicted octanol–water partition coefficient (Wildman–Crippen LogP) is 3.70. The number of aryl methyl sites for hydroxylation is 2. The highest BCUT2D eigenvalue weighted by atomic mass is 35.5. The van der Waals surface area contributed by atoms with Crippen LogP contribution in [0.4, 0.5) is 11.4 Å². The molecule has 4 heterocycles. The number of halogens is 1. The number of nitrogens with one attached hydrogen (secondary N) is 1. The predicted molar refractivity (Wildman–Crippen MR) is 122 cm³/mol. The highest BCUT2D eigenvalue weighted by molar-refractivity contribution is 6.32. The molecule has 3 amide bonds. The topological polar surface area (TPSA) is 69.7 Å². The summed E-state index contributed by atoms with van der Waals surface area (Å²) in [6.45, 7) is 6.49. The van der Waals surface area contributed by atoms with Gasteiger partial charge in [0.1, 0.15) is 5.54 Å². The molecule has 4 aliphatic heterocycles. The molecule has 7 heteroatoms. The summed E-state index contributed by atoms with van der Waals surface area (Å²) in [5.41, 5.74) is 3.69. The first-order chi connectivity index (χ1) is 15.3. The molecule has 0 aliphatic carbocycles. The zero-order chi connectivity index (χ0) is 22.5. The van der Waals surface area contributed by atoms with Crippen LogP contribution in [-0.2, 0) is 19.9 Å². The second kappa shape index (κ2) is 6.42. The van der Waals surface area contributed by atoms with Crippen LogP contribution in [0.25, 0.3) is 0 Å². The maximum Gasteiger partial charge on any atom is 0.250 e. The van der Waals surface area contributed by atoms with Crippen molar-refractivity contribution in [3.8, 4) is 0 Å². The Morgan fingerprint density at radius 3 is 2.66 bits per heavy atom. The third-order valence-corrected chi connectivity index (χ3v) is 8.33.